The summed E-state index contributed by atoms with van der Waals surface area (Å²) in [5.74, 6) is 0. The van der Waals surface area contributed by atoms with Crippen molar-refractivity contribution < 1.29 is 0 Å². The second-order valence-electron chi connectivity index (χ2n) is 14.2. The van der Waals surface area contributed by atoms with Gasteiger partial charge in [0.15, 0.2) is 0 Å². The number of hydrogen-bond acceptors (Lipinski definition) is 2. The maximum atomic E-state index is 5.23. The average Bonchev–Trinajstić information content (AvgIpc) is 3.60. The van der Waals surface area contributed by atoms with Gasteiger partial charge in [0.2, 0.25) is 0 Å². The highest BCUT2D eigenvalue weighted by molar-refractivity contribution is 6.23. The maximum absolute atomic E-state index is 5.23. The van der Waals surface area contributed by atoms with E-state index in [0.29, 0.717) is 0 Å². The van der Waals surface area contributed by atoms with E-state index in [2.05, 4.69) is 199 Å². The fourth-order valence-corrected chi connectivity index (χ4v) is 8.36. The van der Waals surface area contributed by atoms with Crippen LogP contribution in [0.15, 0.2) is 200 Å². The quantitative estimate of drug-likeness (QED) is 0.167. The maximum Gasteiger partial charge on any atom is 0.0979 e. The lowest BCUT2D eigenvalue weighted by Gasteiger charge is -2.11. The van der Waals surface area contributed by atoms with Gasteiger partial charge in [-0.3, -0.25) is 4.98 Å². The van der Waals surface area contributed by atoms with Crippen molar-refractivity contribution in [2.24, 2.45) is 0 Å². The fourth-order valence-electron chi connectivity index (χ4n) is 8.36. The van der Waals surface area contributed by atoms with E-state index in [1.54, 1.807) is 0 Å². The first kappa shape index (κ1) is 31.2. The Kier molecular flexibility index (Phi) is 7.17. The number of para-hydroxylation sites is 2. The smallest absolute Gasteiger partial charge is 0.0979 e. The third kappa shape index (κ3) is 5.20. The van der Waals surface area contributed by atoms with Crippen LogP contribution in [0.1, 0.15) is 0 Å². The SMILES string of the molecule is c1ccc(-n2c3ccccc3c3ccc(-c4cccc(-c5ccc(-c6cccc(-c7cnc8c9ccccc9c9ccccc9c8n7)c6)cc5)c4)cc32)cc1. The van der Waals surface area contributed by atoms with Crippen molar-refractivity contribution >= 4 is 54.4 Å². The van der Waals surface area contributed by atoms with E-state index in [0.717, 1.165) is 49.9 Å². The van der Waals surface area contributed by atoms with Crippen LogP contribution in [0, 0.1) is 0 Å². The second kappa shape index (κ2) is 12.6. The van der Waals surface area contributed by atoms with E-state index in [-0.39, 0.29) is 0 Å². The van der Waals surface area contributed by atoms with Gasteiger partial charge < -0.3 is 4.57 Å². The summed E-state index contributed by atoms with van der Waals surface area (Å²) in [4.78, 5) is 10.2. The highest BCUT2D eigenvalue weighted by atomic mass is 15.0. The minimum atomic E-state index is 0.866. The van der Waals surface area contributed by atoms with E-state index >= 15 is 0 Å². The van der Waals surface area contributed by atoms with Crippen LogP contribution < -0.4 is 0 Å². The normalized spacial score (nSPS) is 11.6. The lowest BCUT2D eigenvalue weighted by Crippen LogP contribution is -1.93. The van der Waals surface area contributed by atoms with E-state index in [9.17, 15) is 0 Å². The molecule has 3 heteroatoms. The molecule has 0 radical (unpaired) electrons. The zero-order valence-electron chi connectivity index (χ0n) is 29.9. The van der Waals surface area contributed by atoms with Gasteiger partial charge in [-0.05, 0) is 80.6 Å². The molecule has 2 aromatic heterocycles. The van der Waals surface area contributed by atoms with Gasteiger partial charge in [-0.25, -0.2) is 4.98 Å². The standard InChI is InChI=1S/C52H33N3/c1-2-16-41(17-3-1)55-49-23-9-8-20-44(49)45-29-28-39(32-50(45)55)38-14-10-12-36(30-38)34-24-26-35(27-25-34)37-13-11-15-40(31-37)48-33-53-51-46-21-6-4-18-42(46)43-19-5-7-22-47(43)52(51)54-48/h1-33H. The van der Waals surface area contributed by atoms with E-state index in [1.165, 1.54) is 54.8 Å². The van der Waals surface area contributed by atoms with Gasteiger partial charge in [0.25, 0.3) is 0 Å². The summed E-state index contributed by atoms with van der Waals surface area (Å²) in [6, 6.07) is 69.6. The molecule has 0 aliphatic carbocycles. The van der Waals surface area contributed by atoms with Gasteiger partial charge in [0, 0.05) is 32.8 Å². The zero-order chi connectivity index (χ0) is 36.3. The van der Waals surface area contributed by atoms with Gasteiger partial charge in [-0.15, -0.1) is 0 Å². The molecule has 256 valence electrons. The van der Waals surface area contributed by atoms with Crippen molar-refractivity contribution in [2.75, 3.05) is 0 Å². The number of nitrogens with zero attached hydrogens (tertiary/aromatic N) is 3. The third-order valence-electron chi connectivity index (χ3n) is 11.0. The van der Waals surface area contributed by atoms with Crippen molar-refractivity contribution in [3.63, 3.8) is 0 Å². The molecule has 9 aromatic carbocycles. The Labute approximate surface area is 318 Å². The monoisotopic (exact) mass is 699 g/mol. The van der Waals surface area contributed by atoms with E-state index < -0.39 is 0 Å². The summed E-state index contributed by atoms with van der Waals surface area (Å²) >= 11 is 0. The molecule has 0 bridgehead atoms. The summed E-state index contributed by atoms with van der Waals surface area (Å²) < 4.78 is 2.38. The summed E-state index contributed by atoms with van der Waals surface area (Å²) in [6.07, 6.45) is 1.91. The molecule has 11 aromatic rings. The molecule has 0 aliphatic heterocycles. The molecule has 0 fully saturated rings. The average molecular weight is 700 g/mol. The van der Waals surface area contributed by atoms with Gasteiger partial charge >= 0.3 is 0 Å². The summed E-state index contributed by atoms with van der Waals surface area (Å²) in [6.45, 7) is 0. The topological polar surface area (TPSA) is 30.7 Å². The molecular formula is C52H33N3. The van der Waals surface area contributed by atoms with Crippen molar-refractivity contribution in [1.29, 1.82) is 0 Å². The van der Waals surface area contributed by atoms with Crippen molar-refractivity contribution in [3.05, 3.63) is 200 Å². The van der Waals surface area contributed by atoms with Crippen LogP contribution in [0.2, 0.25) is 0 Å². The van der Waals surface area contributed by atoms with Crippen molar-refractivity contribution in [1.82, 2.24) is 14.5 Å². The van der Waals surface area contributed by atoms with Gasteiger partial charge in [-0.2, -0.15) is 0 Å². The lowest BCUT2D eigenvalue weighted by molar-refractivity contribution is 1.18. The van der Waals surface area contributed by atoms with E-state index in [4.69, 9.17) is 9.97 Å². The van der Waals surface area contributed by atoms with Gasteiger partial charge in [0.05, 0.1) is 34.0 Å². The first-order valence-corrected chi connectivity index (χ1v) is 18.7. The van der Waals surface area contributed by atoms with Crippen LogP contribution in [-0.4, -0.2) is 14.5 Å². The Morgan fingerprint density at radius 3 is 1.49 bits per heavy atom. The molecule has 0 atom stereocenters. The molecule has 0 aliphatic rings. The highest BCUT2D eigenvalue weighted by Gasteiger charge is 2.15. The fraction of sp³-hybridized carbons (Fsp3) is 0. The molecule has 0 N–H and O–H groups in total. The Morgan fingerprint density at radius 2 is 0.800 bits per heavy atom. The predicted molar refractivity (Wildman–Crippen MR) is 231 cm³/mol. The molecule has 2 heterocycles. The van der Waals surface area contributed by atoms with Crippen LogP contribution in [0.25, 0.3) is 105 Å². The zero-order valence-corrected chi connectivity index (χ0v) is 29.9. The number of fused-ring (bicyclic) bond motifs is 9. The molecule has 55 heavy (non-hydrogen) atoms. The second-order valence-corrected chi connectivity index (χ2v) is 14.2. The minimum absolute atomic E-state index is 0.866. The third-order valence-corrected chi connectivity index (χ3v) is 11.0. The summed E-state index contributed by atoms with van der Waals surface area (Å²) in [5, 5.41) is 7.17. The van der Waals surface area contributed by atoms with Gasteiger partial charge in [0.1, 0.15) is 0 Å². The molecular weight excluding hydrogens is 667 g/mol. The number of hydrogen-bond donors (Lipinski definition) is 0. The summed E-state index contributed by atoms with van der Waals surface area (Å²) in [7, 11) is 0. The summed E-state index contributed by atoms with van der Waals surface area (Å²) in [5.41, 5.74) is 14.4. The minimum Gasteiger partial charge on any atom is -0.309 e. The molecule has 0 amide bonds. The van der Waals surface area contributed by atoms with Crippen LogP contribution >= 0.6 is 0 Å². The number of aromatic nitrogens is 3. The van der Waals surface area contributed by atoms with E-state index in [1.807, 2.05) is 6.20 Å². The Morgan fingerprint density at radius 1 is 0.309 bits per heavy atom. The van der Waals surface area contributed by atoms with Crippen LogP contribution in [0.3, 0.4) is 0 Å². The first-order chi connectivity index (χ1) is 27.3. The lowest BCUT2D eigenvalue weighted by atomic mass is 9.96. The van der Waals surface area contributed by atoms with Crippen LogP contribution in [-0.2, 0) is 0 Å². The number of rotatable bonds is 5. The Hall–Kier alpha value is -7.36. The molecule has 0 unspecified atom stereocenters. The molecule has 0 saturated heterocycles. The first-order valence-electron chi connectivity index (χ1n) is 18.7. The predicted octanol–water partition coefficient (Wildman–Crippen LogP) is 13.7. The molecule has 0 saturated carbocycles. The number of benzene rings is 9. The van der Waals surface area contributed by atoms with Crippen LogP contribution in [0.5, 0.6) is 0 Å². The Bertz CT molecular complexity index is 3210. The van der Waals surface area contributed by atoms with Crippen LogP contribution in [0.4, 0.5) is 0 Å². The molecule has 3 nitrogen and oxygen atoms in total. The van der Waals surface area contributed by atoms with Gasteiger partial charge in [-0.1, -0.05) is 158 Å². The molecule has 0 spiro atoms. The van der Waals surface area contributed by atoms with Crippen molar-refractivity contribution in [2.45, 2.75) is 0 Å². The molecule has 11 rings (SSSR count). The highest BCUT2D eigenvalue weighted by Crippen LogP contribution is 2.37. The Balaban J connectivity index is 0.926. The van der Waals surface area contributed by atoms with Crippen molar-refractivity contribution in [3.8, 4) is 50.3 Å². The largest absolute Gasteiger partial charge is 0.309 e.